The summed E-state index contributed by atoms with van der Waals surface area (Å²) in [4.78, 5) is 35.3. The Labute approximate surface area is 176 Å². The highest BCUT2D eigenvalue weighted by Crippen LogP contribution is 2.23. The second-order valence-electron chi connectivity index (χ2n) is 7.36. The molecular weight excluding hydrogens is 384 g/mol. The summed E-state index contributed by atoms with van der Waals surface area (Å²) in [6, 6.07) is 5.09. The van der Waals surface area contributed by atoms with Gasteiger partial charge in [-0.15, -0.1) is 0 Å². The summed E-state index contributed by atoms with van der Waals surface area (Å²) in [5.41, 5.74) is 1.30. The minimum Gasteiger partial charge on any atom is -0.497 e. The molecule has 0 radical (unpaired) electrons. The van der Waals surface area contributed by atoms with E-state index in [2.05, 4.69) is 15.3 Å². The molecule has 0 unspecified atom stereocenters. The first kappa shape index (κ1) is 21.5. The molecular formula is C22H28N4O4. The van der Waals surface area contributed by atoms with E-state index in [1.165, 1.54) is 0 Å². The van der Waals surface area contributed by atoms with Gasteiger partial charge in [0.15, 0.2) is 0 Å². The van der Waals surface area contributed by atoms with Crippen molar-refractivity contribution in [3.05, 3.63) is 48.0 Å². The summed E-state index contributed by atoms with van der Waals surface area (Å²) in [5.74, 6) is 1.30. The van der Waals surface area contributed by atoms with Crippen LogP contribution < -0.4 is 14.8 Å². The van der Waals surface area contributed by atoms with Crippen molar-refractivity contribution in [2.75, 3.05) is 33.9 Å². The Hall–Kier alpha value is -3.16. The number of nitrogens with zero attached hydrogens (tertiary/aromatic N) is 3. The Morgan fingerprint density at radius 2 is 1.93 bits per heavy atom. The number of hydrogen-bond donors (Lipinski definition) is 1. The molecule has 0 saturated carbocycles. The minimum absolute atomic E-state index is 0.120. The molecule has 3 rings (SSSR count). The van der Waals surface area contributed by atoms with Gasteiger partial charge in [-0.05, 0) is 37.3 Å². The van der Waals surface area contributed by atoms with E-state index in [0.29, 0.717) is 43.0 Å². The molecule has 1 aliphatic rings. The number of carbonyl (C=O) groups is 2. The molecule has 1 aromatic carbocycles. The van der Waals surface area contributed by atoms with E-state index in [1.807, 2.05) is 4.90 Å². The molecule has 1 atom stereocenters. The molecule has 30 heavy (non-hydrogen) atoms. The zero-order valence-electron chi connectivity index (χ0n) is 17.5. The molecule has 2 aromatic rings. The first-order valence-corrected chi connectivity index (χ1v) is 10.1. The van der Waals surface area contributed by atoms with Crippen LogP contribution in [0.4, 0.5) is 0 Å². The highest BCUT2D eigenvalue weighted by molar-refractivity contribution is 5.95. The van der Waals surface area contributed by atoms with Gasteiger partial charge in [-0.3, -0.25) is 19.6 Å². The topological polar surface area (TPSA) is 93.7 Å². The van der Waals surface area contributed by atoms with Gasteiger partial charge in [0.2, 0.25) is 5.91 Å². The maximum absolute atomic E-state index is 12.6. The predicted molar refractivity (Wildman–Crippen MR) is 112 cm³/mol. The van der Waals surface area contributed by atoms with Crippen LogP contribution in [-0.4, -0.2) is 60.5 Å². The Kier molecular flexibility index (Phi) is 7.59. The lowest BCUT2D eigenvalue weighted by Gasteiger charge is -2.33. The Bertz CT molecular complexity index is 837. The molecule has 0 aliphatic carbocycles. The summed E-state index contributed by atoms with van der Waals surface area (Å²) in [5, 5.41) is 2.98. The smallest absolute Gasteiger partial charge is 0.251 e. The summed E-state index contributed by atoms with van der Waals surface area (Å²) in [6.45, 7) is 1.93. The molecule has 0 bridgehead atoms. The summed E-state index contributed by atoms with van der Waals surface area (Å²) in [6.07, 6.45) is 7.87. The van der Waals surface area contributed by atoms with E-state index in [4.69, 9.17) is 9.47 Å². The fourth-order valence-corrected chi connectivity index (χ4v) is 3.59. The quantitative estimate of drug-likeness (QED) is 0.714. The number of aromatic nitrogens is 2. The number of hydrogen-bond acceptors (Lipinski definition) is 6. The molecule has 2 heterocycles. The number of likely N-dealkylation sites (tertiary alicyclic amines) is 1. The molecule has 1 saturated heterocycles. The molecule has 2 amide bonds. The first-order chi connectivity index (χ1) is 14.6. The molecule has 0 spiro atoms. The van der Waals surface area contributed by atoms with Crippen molar-refractivity contribution < 1.29 is 19.1 Å². The third kappa shape index (κ3) is 5.92. The van der Waals surface area contributed by atoms with Crippen LogP contribution in [0.15, 0.2) is 36.8 Å². The van der Waals surface area contributed by atoms with Crippen molar-refractivity contribution in [3.8, 4) is 11.5 Å². The second-order valence-corrected chi connectivity index (χ2v) is 7.36. The number of methoxy groups -OCH3 is 2. The van der Waals surface area contributed by atoms with E-state index in [0.717, 1.165) is 25.1 Å². The molecule has 1 aliphatic heterocycles. The standard InChI is InChI=1S/C22H28N4O4/c1-29-19-10-17(11-20(12-19)30-2)22(28)25-13-16-4-3-9-26(15-16)21(27)6-5-18-14-23-7-8-24-18/h7-8,10-12,14,16H,3-6,9,13,15H2,1-2H3,(H,25,28)/t16-/m1/s1. The molecule has 8 nitrogen and oxygen atoms in total. The van der Waals surface area contributed by atoms with Crippen molar-refractivity contribution in [1.82, 2.24) is 20.2 Å². The van der Waals surface area contributed by atoms with E-state index in [-0.39, 0.29) is 17.7 Å². The first-order valence-electron chi connectivity index (χ1n) is 10.1. The largest absolute Gasteiger partial charge is 0.497 e. The highest BCUT2D eigenvalue weighted by atomic mass is 16.5. The van der Waals surface area contributed by atoms with Crippen LogP contribution >= 0.6 is 0 Å². The van der Waals surface area contributed by atoms with Crippen molar-refractivity contribution in [2.45, 2.75) is 25.7 Å². The number of rotatable bonds is 8. The van der Waals surface area contributed by atoms with Crippen LogP contribution in [0.2, 0.25) is 0 Å². The van der Waals surface area contributed by atoms with Crippen LogP contribution in [0.3, 0.4) is 0 Å². The SMILES string of the molecule is COc1cc(OC)cc(C(=O)NC[C@H]2CCCN(C(=O)CCc3cnccn3)C2)c1. The summed E-state index contributed by atoms with van der Waals surface area (Å²) in [7, 11) is 3.10. The fourth-order valence-electron chi connectivity index (χ4n) is 3.59. The molecule has 1 aromatic heterocycles. The monoisotopic (exact) mass is 412 g/mol. The highest BCUT2D eigenvalue weighted by Gasteiger charge is 2.24. The normalized spacial score (nSPS) is 16.1. The lowest BCUT2D eigenvalue weighted by molar-refractivity contribution is -0.132. The molecule has 160 valence electrons. The molecule has 8 heteroatoms. The van der Waals surface area contributed by atoms with Gasteiger partial charge in [-0.1, -0.05) is 0 Å². The van der Waals surface area contributed by atoms with Crippen molar-refractivity contribution in [1.29, 1.82) is 0 Å². The number of ether oxygens (including phenoxy) is 2. The van der Waals surface area contributed by atoms with Gasteiger partial charge in [0.25, 0.3) is 5.91 Å². The number of nitrogens with one attached hydrogen (secondary N) is 1. The van der Waals surface area contributed by atoms with Crippen LogP contribution in [0, 0.1) is 5.92 Å². The van der Waals surface area contributed by atoms with Crippen LogP contribution in [0.5, 0.6) is 11.5 Å². The van der Waals surface area contributed by atoms with Crippen LogP contribution in [-0.2, 0) is 11.2 Å². The Morgan fingerprint density at radius 3 is 2.60 bits per heavy atom. The summed E-state index contributed by atoms with van der Waals surface area (Å²) < 4.78 is 10.4. The number of aryl methyl sites for hydroxylation is 1. The maximum Gasteiger partial charge on any atom is 0.251 e. The van der Waals surface area contributed by atoms with Crippen LogP contribution in [0.25, 0.3) is 0 Å². The van der Waals surface area contributed by atoms with E-state index in [1.54, 1.807) is 51.0 Å². The average Bonchev–Trinajstić information content (AvgIpc) is 2.81. The minimum atomic E-state index is -0.182. The van der Waals surface area contributed by atoms with Gasteiger partial charge >= 0.3 is 0 Å². The van der Waals surface area contributed by atoms with E-state index < -0.39 is 0 Å². The van der Waals surface area contributed by atoms with Gasteiger partial charge in [0, 0.05) is 56.3 Å². The lowest BCUT2D eigenvalue weighted by Crippen LogP contribution is -2.43. The maximum atomic E-state index is 12.6. The predicted octanol–water partition coefficient (Wildman–Crippen LogP) is 2.09. The average molecular weight is 412 g/mol. The zero-order valence-corrected chi connectivity index (χ0v) is 17.5. The van der Waals surface area contributed by atoms with E-state index in [9.17, 15) is 9.59 Å². The molecule has 1 N–H and O–H groups in total. The van der Waals surface area contributed by atoms with Crippen molar-refractivity contribution in [3.63, 3.8) is 0 Å². The zero-order chi connectivity index (χ0) is 21.3. The number of benzene rings is 1. The number of amides is 2. The molecule has 1 fully saturated rings. The van der Waals surface area contributed by atoms with Gasteiger partial charge in [-0.2, -0.15) is 0 Å². The second kappa shape index (κ2) is 10.6. The van der Waals surface area contributed by atoms with Crippen molar-refractivity contribution in [2.24, 2.45) is 5.92 Å². The van der Waals surface area contributed by atoms with Crippen LogP contribution in [0.1, 0.15) is 35.3 Å². The Morgan fingerprint density at radius 1 is 1.17 bits per heavy atom. The number of piperidine rings is 1. The lowest BCUT2D eigenvalue weighted by atomic mass is 9.97. The van der Waals surface area contributed by atoms with Gasteiger partial charge in [-0.25, -0.2) is 0 Å². The van der Waals surface area contributed by atoms with Gasteiger partial charge in [0.1, 0.15) is 11.5 Å². The third-order valence-electron chi connectivity index (χ3n) is 5.25. The van der Waals surface area contributed by atoms with Gasteiger partial charge in [0.05, 0.1) is 19.9 Å². The fraction of sp³-hybridized carbons (Fsp3) is 0.455. The third-order valence-corrected chi connectivity index (χ3v) is 5.25. The Balaban J connectivity index is 1.50. The van der Waals surface area contributed by atoms with Gasteiger partial charge < -0.3 is 19.7 Å². The summed E-state index contributed by atoms with van der Waals surface area (Å²) >= 11 is 0. The number of carbonyl (C=O) groups excluding carboxylic acids is 2. The van der Waals surface area contributed by atoms with Crippen molar-refractivity contribution >= 4 is 11.8 Å². The van der Waals surface area contributed by atoms with E-state index >= 15 is 0 Å².